The molecule has 3 N–H and O–H groups in total. The van der Waals surface area contributed by atoms with Gasteiger partial charge in [0.1, 0.15) is 0 Å². The van der Waals surface area contributed by atoms with Crippen molar-refractivity contribution in [3.05, 3.63) is 0 Å². The third-order valence-corrected chi connectivity index (χ3v) is 3.94. The van der Waals surface area contributed by atoms with E-state index in [1.807, 2.05) is 0 Å². The minimum Gasteiger partial charge on any atom is -0.473 e. The maximum Gasteiger partial charge on any atom is 0.414 e. The van der Waals surface area contributed by atoms with Gasteiger partial charge >= 0.3 is 11.9 Å². The lowest BCUT2D eigenvalue weighted by atomic mass is 9.83. The number of piperidine rings is 1. The Hall–Kier alpha value is -1.10. The Bertz CT molecular complexity index is 253. The summed E-state index contributed by atoms with van der Waals surface area (Å²) in [7, 11) is 0. The molecule has 2 rings (SSSR count). The second-order valence-corrected chi connectivity index (χ2v) is 5.50. The van der Waals surface area contributed by atoms with E-state index in [1.54, 1.807) is 0 Å². The average molecular weight is 271 g/mol. The minimum atomic E-state index is -1.82. The third kappa shape index (κ3) is 7.15. The summed E-state index contributed by atoms with van der Waals surface area (Å²) >= 11 is 0. The highest BCUT2D eigenvalue weighted by Crippen LogP contribution is 2.28. The highest BCUT2D eigenvalue weighted by molar-refractivity contribution is 6.27. The first kappa shape index (κ1) is 16.0. The molecule has 1 heterocycles. The molecule has 0 aromatic carbocycles. The van der Waals surface area contributed by atoms with Gasteiger partial charge in [-0.25, -0.2) is 9.59 Å². The van der Waals surface area contributed by atoms with Gasteiger partial charge in [0.05, 0.1) is 0 Å². The largest absolute Gasteiger partial charge is 0.473 e. The van der Waals surface area contributed by atoms with E-state index < -0.39 is 11.9 Å². The van der Waals surface area contributed by atoms with Crippen molar-refractivity contribution in [3.8, 4) is 0 Å². The van der Waals surface area contributed by atoms with Crippen LogP contribution in [-0.2, 0) is 9.59 Å². The summed E-state index contributed by atoms with van der Waals surface area (Å²) in [5, 5.41) is 18.4. The summed E-state index contributed by atoms with van der Waals surface area (Å²) in [5.74, 6) is -2.59. The molecule has 0 aromatic heterocycles. The van der Waals surface area contributed by atoms with Gasteiger partial charge in [-0.2, -0.15) is 0 Å². The molecular formula is C14H25NO4. The van der Waals surface area contributed by atoms with Gasteiger partial charge in [-0.05, 0) is 31.7 Å². The first-order chi connectivity index (χ1) is 9.09. The molecule has 1 unspecified atom stereocenters. The second-order valence-electron chi connectivity index (χ2n) is 5.50. The Balaban J connectivity index is 0.000000258. The Kier molecular flexibility index (Phi) is 7.48. The molecule has 0 amide bonds. The first-order valence-electron chi connectivity index (χ1n) is 7.29. The van der Waals surface area contributed by atoms with Crippen LogP contribution in [0.15, 0.2) is 0 Å². The van der Waals surface area contributed by atoms with Gasteiger partial charge in [0.2, 0.25) is 0 Å². The lowest BCUT2D eigenvalue weighted by Crippen LogP contribution is -2.35. The predicted molar refractivity (Wildman–Crippen MR) is 72.1 cm³/mol. The molecule has 1 atom stereocenters. The Morgan fingerprint density at radius 1 is 0.895 bits per heavy atom. The fourth-order valence-electron chi connectivity index (χ4n) is 2.95. The number of hydrogen-bond acceptors (Lipinski definition) is 3. The summed E-state index contributed by atoms with van der Waals surface area (Å²) in [6, 6.07) is 0.872. The number of nitrogens with one attached hydrogen (secondary N) is 1. The zero-order chi connectivity index (χ0) is 14.1. The number of aliphatic carboxylic acids is 2. The van der Waals surface area contributed by atoms with Crippen molar-refractivity contribution >= 4 is 11.9 Å². The van der Waals surface area contributed by atoms with E-state index in [9.17, 15) is 0 Å². The van der Waals surface area contributed by atoms with E-state index in [0.717, 1.165) is 12.0 Å². The van der Waals surface area contributed by atoms with Crippen LogP contribution in [0.1, 0.15) is 57.8 Å². The highest BCUT2D eigenvalue weighted by atomic mass is 16.4. The summed E-state index contributed by atoms with van der Waals surface area (Å²) in [6.45, 7) is 1.28. The highest BCUT2D eigenvalue weighted by Gasteiger charge is 2.19. The molecule has 0 aromatic rings. The van der Waals surface area contributed by atoms with Crippen LogP contribution in [0.2, 0.25) is 0 Å². The fraction of sp³-hybridized carbons (Fsp3) is 0.857. The topological polar surface area (TPSA) is 86.6 Å². The molecule has 1 aliphatic carbocycles. The van der Waals surface area contributed by atoms with Crippen molar-refractivity contribution in [1.29, 1.82) is 0 Å². The minimum absolute atomic E-state index is 0.872. The fourth-order valence-corrected chi connectivity index (χ4v) is 2.95. The van der Waals surface area contributed by atoms with Crippen LogP contribution >= 0.6 is 0 Å². The molecule has 5 nitrogen and oxygen atoms in total. The van der Waals surface area contributed by atoms with E-state index >= 15 is 0 Å². The van der Waals surface area contributed by atoms with Gasteiger partial charge in [0.15, 0.2) is 0 Å². The Labute approximate surface area is 114 Å². The van der Waals surface area contributed by atoms with Crippen LogP contribution in [0, 0.1) is 5.92 Å². The maximum atomic E-state index is 9.10. The molecule has 19 heavy (non-hydrogen) atoms. The van der Waals surface area contributed by atoms with Gasteiger partial charge in [-0.3, -0.25) is 0 Å². The van der Waals surface area contributed by atoms with Crippen LogP contribution in [0.25, 0.3) is 0 Å². The van der Waals surface area contributed by atoms with Gasteiger partial charge in [-0.15, -0.1) is 0 Å². The number of carboxylic acid groups (broad SMARTS) is 2. The molecule has 1 saturated heterocycles. The normalized spacial score (nSPS) is 24.1. The van der Waals surface area contributed by atoms with Crippen molar-refractivity contribution in [1.82, 2.24) is 5.32 Å². The Morgan fingerprint density at radius 2 is 1.47 bits per heavy atom. The molecule has 110 valence electrons. The quantitative estimate of drug-likeness (QED) is 0.671. The molecule has 0 spiro atoms. The van der Waals surface area contributed by atoms with E-state index in [-0.39, 0.29) is 0 Å². The predicted octanol–water partition coefficient (Wildman–Crippen LogP) is 2.25. The van der Waals surface area contributed by atoms with Crippen LogP contribution < -0.4 is 5.32 Å². The lowest BCUT2D eigenvalue weighted by molar-refractivity contribution is -0.159. The monoisotopic (exact) mass is 271 g/mol. The summed E-state index contributed by atoms with van der Waals surface area (Å²) in [5.41, 5.74) is 0. The molecule has 1 aliphatic heterocycles. The number of carboxylic acids is 2. The summed E-state index contributed by atoms with van der Waals surface area (Å²) in [6.07, 6.45) is 13.3. The summed E-state index contributed by atoms with van der Waals surface area (Å²) in [4.78, 5) is 18.2. The van der Waals surface area contributed by atoms with Gasteiger partial charge in [-0.1, -0.05) is 38.5 Å². The standard InChI is InChI=1S/C12H23N.C2H2O4/c1-2-6-11(7-3-1)10-12-8-4-5-9-13-12;3-1(4)2(5)6/h11-13H,1-10H2;(H,3,4)(H,5,6). The molecule has 1 saturated carbocycles. The molecule has 0 radical (unpaired) electrons. The number of rotatable bonds is 2. The van der Waals surface area contributed by atoms with Crippen molar-refractivity contribution in [2.75, 3.05) is 6.54 Å². The van der Waals surface area contributed by atoms with E-state index in [0.29, 0.717) is 0 Å². The second kappa shape index (κ2) is 8.91. The van der Waals surface area contributed by atoms with Crippen molar-refractivity contribution in [2.45, 2.75) is 63.8 Å². The molecule has 2 aliphatic rings. The number of carbonyl (C=O) groups is 2. The van der Waals surface area contributed by atoms with E-state index in [4.69, 9.17) is 19.8 Å². The zero-order valence-corrected chi connectivity index (χ0v) is 11.4. The lowest BCUT2D eigenvalue weighted by Gasteiger charge is -2.29. The zero-order valence-electron chi connectivity index (χ0n) is 11.4. The van der Waals surface area contributed by atoms with E-state index in [2.05, 4.69) is 5.32 Å². The van der Waals surface area contributed by atoms with Crippen LogP contribution in [-0.4, -0.2) is 34.7 Å². The average Bonchev–Trinajstić information content (AvgIpc) is 2.41. The van der Waals surface area contributed by atoms with Gasteiger partial charge in [0.25, 0.3) is 0 Å². The Morgan fingerprint density at radius 3 is 1.95 bits per heavy atom. The summed E-state index contributed by atoms with van der Waals surface area (Å²) < 4.78 is 0. The van der Waals surface area contributed by atoms with Gasteiger partial charge in [0, 0.05) is 6.04 Å². The maximum absolute atomic E-state index is 9.10. The molecule has 0 bridgehead atoms. The molecule has 2 fully saturated rings. The van der Waals surface area contributed by atoms with Crippen LogP contribution in [0.3, 0.4) is 0 Å². The molecular weight excluding hydrogens is 246 g/mol. The smallest absolute Gasteiger partial charge is 0.414 e. The van der Waals surface area contributed by atoms with E-state index in [1.165, 1.54) is 64.3 Å². The van der Waals surface area contributed by atoms with Crippen molar-refractivity contribution < 1.29 is 19.8 Å². The third-order valence-electron chi connectivity index (χ3n) is 3.94. The first-order valence-corrected chi connectivity index (χ1v) is 7.29. The van der Waals surface area contributed by atoms with Crippen LogP contribution in [0.5, 0.6) is 0 Å². The molecule has 5 heteroatoms. The van der Waals surface area contributed by atoms with Crippen molar-refractivity contribution in [2.24, 2.45) is 5.92 Å². The SMILES string of the molecule is C1CCC(CC2CCCCN2)CC1.O=C(O)C(=O)O. The van der Waals surface area contributed by atoms with Gasteiger partial charge < -0.3 is 15.5 Å². The van der Waals surface area contributed by atoms with Crippen LogP contribution in [0.4, 0.5) is 0 Å². The van der Waals surface area contributed by atoms with Crippen molar-refractivity contribution in [3.63, 3.8) is 0 Å². The number of hydrogen-bond donors (Lipinski definition) is 3.